The highest BCUT2D eigenvalue weighted by molar-refractivity contribution is 5.69. The summed E-state index contributed by atoms with van der Waals surface area (Å²) in [5.74, 6) is -0.172. The number of nitrogens with one attached hydrogen (secondary N) is 1. The van der Waals surface area contributed by atoms with E-state index < -0.39 is 0 Å². The Balaban J connectivity index is 2.67. The minimum absolute atomic E-state index is 0.162. The molecule has 1 heterocycles. The fourth-order valence-corrected chi connectivity index (χ4v) is 1.59. The number of ether oxygens (including phenoxy) is 1. The highest BCUT2D eigenvalue weighted by Gasteiger charge is 2.22. The SMILES string of the molecule is CCOC(=O)CCn1cncc1C(C)(C)NC. The average Bonchev–Trinajstić information content (AvgIpc) is 2.75. The summed E-state index contributed by atoms with van der Waals surface area (Å²) < 4.78 is 6.88. The van der Waals surface area contributed by atoms with Crippen LogP contribution >= 0.6 is 0 Å². The van der Waals surface area contributed by atoms with Gasteiger partial charge in [-0.15, -0.1) is 0 Å². The van der Waals surface area contributed by atoms with Crippen LogP contribution in [0, 0.1) is 0 Å². The molecule has 0 amide bonds. The zero-order valence-electron chi connectivity index (χ0n) is 11.0. The van der Waals surface area contributed by atoms with E-state index in [1.165, 1.54) is 0 Å². The number of esters is 1. The summed E-state index contributed by atoms with van der Waals surface area (Å²) in [7, 11) is 1.91. The van der Waals surface area contributed by atoms with Crippen LogP contribution in [0.5, 0.6) is 0 Å². The molecule has 0 aromatic carbocycles. The topological polar surface area (TPSA) is 56.2 Å². The predicted octanol–water partition coefficient (Wildman–Crippen LogP) is 1.29. The molecule has 0 aliphatic heterocycles. The van der Waals surface area contributed by atoms with Gasteiger partial charge in [-0.25, -0.2) is 4.98 Å². The summed E-state index contributed by atoms with van der Waals surface area (Å²) in [6, 6.07) is 0. The molecule has 0 unspecified atom stereocenters. The molecule has 96 valence electrons. The van der Waals surface area contributed by atoms with E-state index in [1.54, 1.807) is 6.33 Å². The molecule has 0 radical (unpaired) electrons. The second kappa shape index (κ2) is 5.82. The molecule has 1 aromatic rings. The highest BCUT2D eigenvalue weighted by atomic mass is 16.5. The lowest BCUT2D eigenvalue weighted by Gasteiger charge is -2.25. The highest BCUT2D eigenvalue weighted by Crippen LogP contribution is 2.19. The molecule has 0 saturated heterocycles. The van der Waals surface area contributed by atoms with Crippen molar-refractivity contribution in [1.29, 1.82) is 0 Å². The maximum atomic E-state index is 11.3. The molecular weight excluding hydrogens is 218 g/mol. The van der Waals surface area contributed by atoms with E-state index in [4.69, 9.17) is 4.74 Å². The van der Waals surface area contributed by atoms with Gasteiger partial charge in [-0.1, -0.05) is 0 Å². The predicted molar refractivity (Wildman–Crippen MR) is 65.6 cm³/mol. The van der Waals surface area contributed by atoms with E-state index in [0.29, 0.717) is 19.6 Å². The fraction of sp³-hybridized carbons (Fsp3) is 0.667. The largest absolute Gasteiger partial charge is 0.466 e. The third-order valence-corrected chi connectivity index (χ3v) is 2.84. The molecule has 0 fully saturated rings. The van der Waals surface area contributed by atoms with Gasteiger partial charge in [0.1, 0.15) is 0 Å². The van der Waals surface area contributed by atoms with Crippen LogP contribution in [-0.2, 0) is 21.6 Å². The molecule has 5 heteroatoms. The van der Waals surface area contributed by atoms with Crippen molar-refractivity contribution in [3.8, 4) is 0 Å². The first kappa shape index (κ1) is 13.7. The van der Waals surface area contributed by atoms with Crippen LogP contribution in [0.25, 0.3) is 0 Å². The van der Waals surface area contributed by atoms with Crippen molar-refractivity contribution < 1.29 is 9.53 Å². The summed E-state index contributed by atoms with van der Waals surface area (Å²) in [6.45, 7) is 6.98. The summed E-state index contributed by atoms with van der Waals surface area (Å²) >= 11 is 0. The van der Waals surface area contributed by atoms with Crippen LogP contribution in [0.4, 0.5) is 0 Å². The van der Waals surface area contributed by atoms with Gasteiger partial charge in [0.2, 0.25) is 0 Å². The van der Waals surface area contributed by atoms with E-state index in [9.17, 15) is 4.79 Å². The lowest BCUT2D eigenvalue weighted by atomic mass is 10.0. The van der Waals surface area contributed by atoms with Gasteiger partial charge < -0.3 is 14.6 Å². The van der Waals surface area contributed by atoms with Gasteiger partial charge in [0.15, 0.2) is 0 Å². The lowest BCUT2D eigenvalue weighted by Crippen LogP contribution is -2.35. The summed E-state index contributed by atoms with van der Waals surface area (Å²) in [5, 5.41) is 3.22. The monoisotopic (exact) mass is 239 g/mol. The zero-order chi connectivity index (χ0) is 12.9. The average molecular weight is 239 g/mol. The van der Waals surface area contributed by atoms with Gasteiger partial charge in [-0.05, 0) is 27.8 Å². The molecular formula is C12H21N3O2. The number of carbonyl (C=O) groups excluding carboxylic acids is 1. The molecule has 5 nitrogen and oxygen atoms in total. The summed E-state index contributed by atoms with van der Waals surface area (Å²) in [4.78, 5) is 15.4. The smallest absolute Gasteiger partial charge is 0.307 e. The van der Waals surface area contributed by atoms with Gasteiger partial charge in [0.25, 0.3) is 0 Å². The number of hydrogen-bond acceptors (Lipinski definition) is 4. The molecule has 0 bridgehead atoms. The van der Waals surface area contributed by atoms with Crippen molar-refractivity contribution in [3.63, 3.8) is 0 Å². The summed E-state index contributed by atoms with van der Waals surface area (Å²) in [6.07, 6.45) is 3.94. The molecule has 0 saturated carbocycles. The minimum atomic E-state index is -0.172. The minimum Gasteiger partial charge on any atom is -0.466 e. The van der Waals surface area contributed by atoms with Crippen LogP contribution in [0.15, 0.2) is 12.5 Å². The number of imidazole rings is 1. The van der Waals surface area contributed by atoms with E-state index in [0.717, 1.165) is 5.69 Å². The number of aryl methyl sites for hydroxylation is 1. The third-order valence-electron chi connectivity index (χ3n) is 2.84. The molecule has 0 atom stereocenters. The Kier molecular flexibility index (Phi) is 4.69. The number of rotatable bonds is 6. The van der Waals surface area contributed by atoms with Crippen molar-refractivity contribution in [1.82, 2.24) is 14.9 Å². The second-order valence-corrected chi connectivity index (χ2v) is 4.40. The number of hydrogen-bond donors (Lipinski definition) is 1. The number of carbonyl (C=O) groups is 1. The second-order valence-electron chi connectivity index (χ2n) is 4.40. The van der Waals surface area contributed by atoms with Crippen molar-refractivity contribution in [2.45, 2.75) is 39.3 Å². The van der Waals surface area contributed by atoms with Crippen molar-refractivity contribution in [2.24, 2.45) is 0 Å². The zero-order valence-corrected chi connectivity index (χ0v) is 11.0. The molecule has 1 N–H and O–H groups in total. The molecule has 1 aromatic heterocycles. The van der Waals surface area contributed by atoms with Crippen LogP contribution < -0.4 is 5.32 Å². The number of nitrogens with zero attached hydrogens (tertiary/aromatic N) is 2. The van der Waals surface area contributed by atoms with Gasteiger partial charge >= 0.3 is 5.97 Å². The maximum absolute atomic E-state index is 11.3. The van der Waals surface area contributed by atoms with Gasteiger partial charge in [0.05, 0.1) is 30.6 Å². The Labute approximate surface area is 102 Å². The van der Waals surface area contributed by atoms with Gasteiger partial charge in [-0.2, -0.15) is 0 Å². The molecule has 0 spiro atoms. The van der Waals surface area contributed by atoms with Gasteiger partial charge in [-0.3, -0.25) is 4.79 Å². The standard InChI is InChI=1S/C12H21N3O2/c1-5-17-11(16)6-7-15-9-14-8-10(15)12(2,3)13-4/h8-9,13H,5-7H2,1-4H3. The van der Waals surface area contributed by atoms with Crippen molar-refractivity contribution in [3.05, 3.63) is 18.2 Å². The quantitative estimate of drug-likeness (QED) is 0.760. The Bertz CT molecular complexity index is 372. The Morgan fingerprint density at radius 1 is 1.59 bits per heavy atom. The van der Waals surface area contributed by atoms with E-state index in [1.807, 2.05) is 24.7 Å². The van der Waals surface area contributed by atoms with Crippen LogP contribution in [-0.4, -0.2) is 29.2 Å². The first-order chi connectivity index (χ1) is 8.01. The van der Waals surface area contributed by atoms with Crippen LogP contribution in [0.2, 0.25) is 0 Å². The van der Waals surface area contributed by atoms with Gasteiger partial charge in [0, 0.05) is 12.7 Å². The fourth-order valence-electron chi connectivity index (χ4n) is 1.59. The molecule has 0 aliphatic carbocycles. The molecule has 17 heavy (non-hydrogen) atoms. The number of aromatic nitrogens is 2. The van der Waals surface area contributed by atoms with Crippen LogP contribution in [0.1, 0.15) is 32.9 Å². The van der Waals surface area contributed by atoms with Crippen molar-refractivity contribution in [2.75, 3.05) is 13.7 Å². The Morgan fingerprint density at radius 3 is 2.88 bits per heavy atom. The van der Waals surface area contributed by atoms with E-state index in [2.05, 4.69) is 24.1 Å². The van der Waals surface area contributed by atoms with Crippen LogP contribution in [0.3, 0.4) is 0 Å². The first-order valence-corrected chi connectivity index (χ1v) is 5.86. The molecule has 0 aliphatic rings. The maximum Gasteiger partial charge on any atom is 0.307 e. The summed E-state index contributed by atoms with van der Waals surface area (Å²) in [5.41, 5.74) is 0.898. The molecule has 1 rings (SSSR count). The van der Waals surface area contributed by atoms with E-state index in [-0.39, 0.29) is 11.5 Å². The van der Waals surface area contributed by atoms with E-state index >= 15 is 0 Å². The third kappa shape index (κ3) is 3.56. The Morgan fingerprint density at radius 2 is 2.29 bits per heavy atom. The lowest BCUT2D eigenvalue weighted by molar-refractivity contribution is -0.143. The first-order valence-electron chi connectivity index (χ1n) is 5.86. The Hall–Kier alpha value is -1.36. The normalized spacial score (nSPS) is 11.5. The van der Waals surface area contributed by atoms with Crippen molar-refractivity contribution >= 4 is 5.97 Å².